The fourth-order valence-electron chi connectivity index (χ4n) is 1.71. The molecule has 0 spiro atoms. The van der Waals surface area contributed by atoms with Gasteiger partial charge in [0.2, 0.25) is 5.91 Å². The van der Waals surface area contributed by atoms with Gasteiger partial charge in [-0.3, -0.25) is 4.79 Å². The van der Waals surface area contributed by atoms with E-state index in [-0.39, 0.29) is 5.91 Å². The number of rotatable bonds is 4. The average molecular weight is 314 g/mol. The fourth-order valence-corrected chi connectivity index (χ4v) is 2.58. The van der Waals surface area contributed by atoms with Crippen LogP contribution in [0.25, 0.3) is 0 Å². The summed E-state index contributed by atoms with van der Waals surface area (Å²) in [6, 6.07) is 5.20. The summed E-state index contributed by atoms with van der Waals surface area (Å²) in [5, 5.41) is 3.08. The van der Waals surface area contributed by atoms with Gasteiger partial charge in [-0.15, -0.1) is 11.3 Å². The van der Waals surface area contributed by atoms with Gasteiger partial charge in [0.05, 0.1) is 5.56 Å². The molecular weight excluding hydrogens is 301 g/mol. The van der Waals surface area contributed by atoms with Crippen LogP contribution in [-0.2, 0) is 17.4 Å². The standard InChI is InChI=1S/C14H13F3N2OS/c1-2-12(20)19-13-18-8-11(21-13)7-9-4-3-5-10(6-9)14(15,16)17/h3-6,8H,2,7H2,1H3,(H,18,19,20). The van der Waals surface area contributed by atoms with Gasteiger partial charge in [0, 0.05) is 23.9 Å². The highest BCUT2D eigenvalue weighted by Gasteiger charge is 2.30. The van der Waals surface area contributed by atoms with Gasteiger partial charge in [0.15, 0.2) is 5.13 Å². The highest BCUT2D eigenvalue weighted by atomic mass is 32.1. The first-order valence-electron chi connectivity index (χ1n) is 6.29. The molecule has 1 amide bonds. The van der Waals surface area contributed by atoms with Crippen LogP contribution >= 0.6 is 11.3 Å². The Morgan fingerprint density at radius 2 is 2.14 bits per heavy atom. The van der Waals surface area contributed by atoms with Crippen LogP contribution in [0.4, 0.5) is 18.3 Å². The molecule has 0 aliphatic heterocycles. The van der Waals surface area contributed by atoms with Crippen LogP contribution in [-0.4, -0.2) is 10.9 Å². The SMILES string of the molecule is CCC(=O)Nc1ncc(Cc2cccc(C(F)(F)F)c2)s1. The molecule has 2 rings (SSSR count). The van der Waals surface area contributed by atoms with Crippen molar-refractivity contribution in [2.75, 3.05) is 5.32 Å². The number of hydrogen-bond acceptors (Lipinski definition) is 3. The smallest absolute Gasteiger partial charge is 0.302 e. The number of amides is 1. The van der Waals surface area contributed by atoms with Crippen LogP contribution in [0.15, 0.2) is 30.5 Å². The van der Waals surface area contributed by atoms with Crippen molar-refractivity contribution in [3.63, 3.8) is 0 Å². The molecule has 0 saturated heterocycles. The first-order chi connectivity index (χ1) is 9.88. The van der Waals surface area contributed by atoms with Gasteiger partial charge in [0.25, 0.3) is 0 Å². The predicted octanol–water partition coefficient (Wildman–Crippen LogP) is 4.10. The summed E-state index contributed by atoms with van der Waals surface area (Å²) in [5.74, 6) is -0.144. The van der Waals surface area contributed by atoms with Crippen LogP contribution in [0, 0.1) is 0 Å². The van der Waals surface area contributed by atoms with Gasteiger partial charge in [-0.25, -0.2) is 4.98 Å². The first kappa shape index (κ1) is 15.5. The zero-order chi connectivity index (χ0) is 15.5. The Kier molecular flexibility index (Phi) is 4.62. The molecule has 0 atom stereocenters. The Morgan fingerprint density at radius 3 is 2.81 bits per heavy atom. The van der Waals surface area contributed by atoms with Gasteiger partial charge in [0.1, 0.15) is 0 Å². The molecule has 0 unspecified atom stereocenters. The minimum Gasteiger partial charge on any atom is -0.302 e. The Balaban J connectivity index is 2.10. The van der Waals surface area contributed by atoms with Gasteiger partial charge in [-0.1, -0.05) is 25.1 Å². The lowest BCUT2D eigenvalue weighted by Crippen LogP contribution is -2.08. The Bertz CT molecular complexity index is 637. The molecule has 3 nitrogen and oxygen atoms in total. The maximum absolute atomic E-state index is 12.6. The van der Waals surface area contributed by atoms with Crippen LogP contribution in [0.2, 0.25) is 0 Å². The van der Waals surface area contributed by atoms with E-state index in [1.165, 1.54) is 17.4 Å². The number of thiazole rings is 1. The lowest BCUT2D eigenvalue weighted by molar-refractivity contribution is -0.137. The third-order valence-corrected chi connectivity index (χ3v) is 3.67. The summed E-state index contributed by atoms with van der Waals surface area (Å²) >= 11 is 1.26. The van der Waals surface area contributed by atoms with Crippen molar-refractivity contribution in [2.45, 2.75) is 25.9 Å². The van der Waals surface area contributed by atoms with Crippen LogP contribution in [0.5, 0.6) is 0 Å². The van der Waals surface area contributed by atoms with E-state index in [4.69, 9.17) is 0 Å². The highest BCUT2D eigenvalue weighted by molar-refractivity contribution is 7.15. The van der Waals surface area contributed by atoms with Crippen molar-refractivity contribution in [3.8, 4) is 0 Å². The number of anilines is 1. The quantitative estimate of drug-likeness (QED) is 0.923. The normalized spacial score (nSPS) is 11.4. The summed E-state index contributed by atoms with van der Waals surface area (Å²) in [7, 11) is 0. The molecule has 0 saturated carbocycles. The molecule has 21 heavy (non-hydrogen) atoms. The summed E-state index contributed by atoms with van der Waals surface area (Å²) in [6.45, 7) is 1.73. The zero-order valence-corrected chi connectivity index (χ0v) is 12.0. The molecule has 0 aliphatic rings. The van der Waals surface area contributed by atoms with Crippen molar-refractivity contribution in [1.82, 2.24) is 4.98 Å². The number of nitrogens with one attached hydrogen (secondary N) is 1. The van der Waals surface area contributed by atoms with Gasteiger partial charge in [-0.05, 0) is 11.6 Å². The van der Waals surface area contributed by atoms with E-state index in [1.54, 1.807) is 19.2 Å². The molecule has 2 aromatic rings. The minimum absolute atomic E-state index is 0.144. The van der Waals surface area contributed by atoms with E-state index < -0.39 is 11.7 Å². The maximum Gasteiger partial charge on any atom is 0.416 e. The Hall–Kier alpha value is -1.89. The predicted molar refractivity (Wildman–Crippen MR) is 75.3 cm³/mol. The van der Waals surface area contributed by atoms with E-state index in [9.17, 15) is 18.0 Å². The number of hydrogen-bond donors (Lipinski definition) is 1. The van der Waals surface area contributed by atoms with E-state index in [0.29, 0.717) is 23.5 Å². The van der Waals surface area contributed by atoms with E-state index in [0.717, 1.165) is 17.0 Å². The molecule has 7 heteroatoms. The van der Waals surface area contributed by atoms with Gasteiger partial charge >= 0.3 is 6.18 Å². The third-order valence-electron chi connectivity index (χ3n) is 2.75. The van der Waals surface area contributed by atoms with Crippen molar-refractivity contribution < 1.29 is 18.0 Å². The fraction of sp³-hybridized carbons (Fsp3) is 0.286. The Labute approximate surface area is 123 Å². The number of benzene rings is 1. The van der Waals surface area contributed by atoms with E-state index in [2.05, 4.69) is 10.3 Å². The van der Waals surface area contributed by atoms with E-state index in [1.807, 2.05) is 0 Å². The molecule has 0 bridgehead atoms. The molecule has 1 N–H and O–H groups in total. The monoisotopic (exact) mass is 314 g/mol. The third kappa shape index (κ3) is 4.29. The first-order valence-corrected chi connectivity index (χ1v) is 7.11. The second-order valence-electron chi connectivity index (χ2n) is 4.41. The van der Waals surface area contributed by atoms with Crippen molar-refractivity contribution >= 4 is 22.4 Å². The average Bonchev–Trinajstić information content (AvgIpc) is 2.85. The molecule has 112 valence electrons. The van der Waals surface area contributed by atoms with Gasteiger partial charge < -0.3 is 5.32 Å². The maximum atomic E-state index is 12.6. The molecule has 1 aromatic carbocycles. The van der Waals surface area contributed by atoms with E-state index >= 15 is 0 Å². The molecule has 0 aliphatic carbocycles. The molecular formula is C14H13F3N2OS. The molecule has 0 radical (unpaired) electrons. The molecule has 0 fully saturated rings. The minimum atomic E-state index is -4.34. The zero-order valence-electron chi connectivity index (χ0n) is 11.2. The Morgan fingerprint density at radius 1 is 1.38 bits per heavy atom. The lowest BCUT2D eigenvalue weighted by atomic mass is 10.1. The van der Waals surface area contributed by atoms with Crippen LogP contribution in [0.3, 0.4) is 0 Å². The second-order valence-corrected chi connectivity index (χ2v) is 5.52. The topological polar surface area (TPSA) is 42.0 Å². The summed E-state index contributed by atoms with van der Waals surface area (Å²) in [4.78, 5) is 16.1. The van der Waals surface area contributed by atoms with Crippen molar-refractivity contribution in [1.29, 1.82) is 0 Å². The number of carbonyl (C=O) groups is 1. The molecule has 1 heterocycles. The van der Waals surface area contributed by atoms with Gasteiger partial charge in [-0.2, -0.15) is 13.2 Å². The van der Waals surface area contributed by atoms with Crippen LogP contribution < -0.4 is 5.32 Å². The van der Waals surface area contributed by atoms with Crippen molar-refractivity contribution in [2.24, 2.45) is 0 Å². The number of carbonyl (C=O) groups excluding carboxylic acids is 1. The number of alkyl halides is 3. The van der Waals surface area contributed by atoms with Crippen molar-refractivity contribution in [3.05, 3.63) is 46.5 Å². The highest BCUT2D eigenvalue weighted by Crippen LogP contribution is 2.30. The number of nitrogens with zero attached hydrogens (tertiary/aromatic N) is 1. The summed E-state index contributed by atoms with van der Waals surface area (Å²) in [6.07, 6.45) is -2.08. The number of aromatic nitrogens is 1. The molecule has 1 aromatic heterocycles. The lowest BCUT2D eigenvalue weighted by Gasteiger charge is -2.07. The largest absolute Gasteiger partial charge is 0.416 e. The summed E-state index contributed by atoms with van der Waals surface area (Å²) in [5.41, 5.74) is -0.106. The van der Waals surface area contributed by atoms with Crippen LogP contribution in [0.1, 0.15) is 29.3 Å². The number of halogens is 3. The second kappa shape index (κ2) is 6.26. The summed E-state index contributed by atoms with van der Waals surface area (Å²) < 4.78 is 37.9.